The number of rotatable bonds is 5. The highest BCUT2D eigenvalue weighted by atomic mass is 79.9. The molecule has 0 aliphatic heterocycles. The second-order valence-corrected chi connectivity index (χ2v) is 5.32. The minimum Gasteiger partial charge on any atom is -0.480 e. The third-order valence-corrected chi connectivity index (χ3v) is 3.34. The maximum absolute atomic E-state index is 11.1. The molecule has 0 saturated carbocycles. The van der Waals surface area contributed by atoms with Gasteiger partial charge in [-0.3, -0.25) is 15.1 Å². The number of nitrogens with zero attached hydrogens (tertiary/aromatic N) is 2. The molecule has 1 aromatic heterocycles. The van der Waals surface area contributed by atoms with Gasteiger partial charge in [0.15, 0.2) is 0 Å². The summed E-state index contributed by atoms with van der Waals surface area (Å²) in [5, 5.41) is 14.1. The molecule has 0 aliphatic rings. The quantitative estimate of drug-likeness (QED) is 0.656. The predicted octanol–water partition coefficient (Wildman–Crippen LogP) is 3.68. The van der Waals surface area contributed by atoms with Crippen LogP contribution in [-0.2, 0) is 6.61 Å². The lowest BCUT2D eigenvalue weighted by molar-refractivity contribution is -0.386. The van der Waals surface area contributed by atoms with Gasteiger partial charge in [-0.2, -0.15) is 0 Å². The van der Waals surface area contributed by atoms with E-state index in [4.69, 9.17) is 4.74 Å². The van der Waals surface area contributed by atoms with Crippen molar-refractivity contribution in [3.63, 3.8) is 0 Å². The Hall–Kier alpha value is -2.15. The van der Waals surface area contributed by atoms with Gasteiger partial charge in [-0.25, -0.2) is 0 Å². The van der Waals surface area contributed by atoms with Gasteiger partial charge in [-0.1, -0.05) is 15.9 Å². The van der Waals surface area contributed by atoms with Gasteiger partial charge in [0.25, 0.3) is 0 Å². The van der Waals surface area contributed by atoms with Crippen LogP contribution in [0.2, 0.25) is 0 Å². The van der Waals surface area contributed by atoms with Crippen molar-refractivity contribution in [1.82, 2.24) is 4.98 Å². The number of nitro groups is 1. The lowest BCUT2D eigenvalue weighted by Crippen LogP contribution is -2.03. The fourth-order valence-electron chi connectivity index (χ4n) is 1.89. The van der Waals surface area contributed by atoms with E-state index >= 15 is 0 Å². The van der Waals surface area contributed by atoms with Crippen LogP contribution >= 0.6 is 15.9 Å². The van der Waals surface area contributed by atoms with E-state index in [1.807, 2.05) is 19.2 Å². The zero-order chi connectivity index (χ0) is 15.4. The van der Waals surface area contributed by atoms with Gasteiger partial charge in [0, 0.05) is 29.5 Å². The average molecular weight is 352 g/mol. The molecule has 0 amide bonds. The summed E-state index contributed by atoms with van der Waals surface area (Å²) < 4.78 is 6.26. The zero-order valence-corrected chi connectivity index (χ0v) is 13.2. The topological polar surface area (TPSA) is 77.3 Å². The molecule has 7 heteroatoms. The number of ether oxygens (including phenoxy) is 1. The van der Waals surface area contributed by atoms with E-state index in [0.29, 0.717) is 15.7 Å². The molecule has 1 heterocycles. The monoisotopic (exact) mass is 351 g/mol. The molecule has 1 N–H and O–H groups in total. The van der Waals surface area contributed by atoms with Gasteiger partial charge in [-0.05, 0) is 30.7 Å². The van der Waals surface area contributed by atoms with Crippen molar-refractivity contribution in [2.75, 3.05) is 12.4 Å². The number of nitrogens with one attached hydrogen (secondary N) is 1. The van der Waals surface area contributed by atoms with E-state index in [9.17, 15) is 10.1 Å². The molecule has 0 spiro atoms. The largest absolute Gasteiger partial charge is 0.480 e. The van der Waals surface area contributed by atoms with E-state index in [-0.39, 0.29) is 18.0 Å². The zero-order valence-electron chi connectivity index (χ0n) is 11.6. The van der Waals surface area contributed by atoms with E-state index in [0.717, 1.165) is 5.69 Å². The summed E-state index contributed by atoms with van der Waals surface area (Å²) in [7, 11) is 1.81. The molecular formula is C14H14BrN3O3. The summed E-state index contributed by atoms with van der Waals surface area (Å²) >= 11 is 3.25. The second-order valence-electron chi connectivity index (χ2n) is 4.40. The van der Waals surface area contributed by atoms with Crippen LogP contribution in [0.3, 0.4) is 0 Å². The molecule has 1 aromatic carbocycles. The molecule has 0 bridgehead atoms. The Kier molecular flexibility index (Phi) is 4.74. The first kappa shape index (κ1) is 15.2. The molecule has 0 radical (unpaired) electrons. The molecule has 0 atom stereocenters. The first-order chi connectivity index (χ1) is 10.0. The number of aryl methyl sites for hydroxylation is 1. The van der Waals surface area contributed by atoms with E-state index in [1.165, 1.54) is 6.07 Å². The Morgan fingerprint density at radius 1 is 1.43 bits per heavy atom. The predicted molar refractivity (Wildman–Crippen MR) is 83.6 cm³/mol. The number of nitro benzene ring substituents is 1. The normalized spacial score (nSPS) is 10.2. The summed E-state index contributed by atoms with van der Waals surface area (Å²) in [6, 6.07) is 6.87. The van der Waals surface area contributed by atoms with Gasteiger partial charge in [0.1, 0.15) is 6.61 Å². The van der Waals surface area contributed by atoms with Crippen molar-refractivity contribution in [2.24, 2.45) is 0 Å². The van der Waals surface area contributed by atoms with Crippen molar-refractivity contribution in [3.05, 3.63) is 56.3 Å². The SMILES string of the molecule is CNc1ccnc(COc2c(C)cc(Br)cc2[N+](=O)[O-])c1. The molecular weight excluding hydrogens is 338 g/mol. The highest BCUT2D eigenvalue weighted by Gasteiger charge is 2.19. The Bertz CT molecular complexity index is 677. The molecule has 21 heavy (non-hydrogen) atoms. The Morgan fingerprint density at radius 2 is 2.19 bits per heavy atom. The second kappa shape index (κ2) is 6.53. The number of hydrogen-bond donors (Lipinski definition) is 1. The number of pyridine rings is 1. The Labute approximate surface area is 130 Å². The first-order valence-electron chi connectivity index (χ1n) is 6.21. The van der Waals surface area contributed by atoms with Gasteiger partial charge < -0.3 is 10.1 Å². The van der Waals surface area contributed by atoms with E-state index in [1.54, 1.807) is 19.2 Å². The molecule has 0 fully saturated rings. The smallest absolute Gasteiger partial charge is 0.312 e. The van der Waals surface area contributed by atoms with Crippen LogP contribution in [0, 0.1) is 17.0 Å². The standard InChI is InChI=1S/C14H14BrN3O3/c1-9-5-10(15)6-13(18(19)20)14(9)21-8-12-7-11(16-2)3-4-17-12/h3-7H,8H2,1-2H3,(H,16,17). The number of halogens is 1. The number of benzene rings is 1. The molecule has 0 saturated heterocycles. The Morgan fingerprint density at radius 3 is 2.86 bits per heavy atom. The highest BCUT2D eigenvalue weighted by molar-refractivity contribution is 9.10. The number of anilines is 1. The first-order valence-corrected chi connectivity index (χ1v) is 7.00. The summed E-state index contributed by atoms with van der Waals surface area (Å²) in [6.07, 6.45) is 1.66. The van der Waals surface area contributed by atoms with Crippen LogP contribution < -0.4 is 10.1 Å². The highest BCUT2D eigenvalue weighted by Crippen LogP contribution is 2.34. The molecule has 2 rings (SSSR count). The average Bonchev–Trinajstić information content (AvgIpc) is 2.45. The van der Waals surface area contributed by atoms with E-state index < -0.39 is 4.92 Å². The summed E-state index contributed by atoms with van der Waals surface area (Å²) in [5.74, 6) is 0.264. The van der Waals surface area contributed by atoms with E-state index in [2.05, 4.69) is 26.2 Å². The van der Waals surface area contributed by atoms with Crippen molar-refractivity contribution >= 4 is 27.3 Å². The third-order valence-electron chi connectivity index (χ3n) is 2.89. The number of aromatic nitrogens is 1. The van der Waals surface area contributed by atoms with Gasteiger partial charge in [0.05, 0.1) is 10.6 Å². The minimum atomic E-state index is -0.454. The lowest BCUT2D eigenvalue weighted by Gasteiger charge is -2.10. The molecule has 0 aliphatic carbocycles. The molecule has 110 valence electrons. The fraction of sp³-hybridized carbons (Fsp3) is 0.214. The molecule has 2 aromatic rings. The Balaban J connectivity index is 2.25. The van der Waals surface area contributed by atoms with Crippen molar-refractivity contribution in [3.8, 4) is 5.75 Å². The number of hydrogen-bond acceptors (Lipinski definition) is 5. The summed E-state index contributed by atoms with van der Waals surface area (Å²) in [5.41, 5.74) is 2.23. The van der Waals surface area contributed by atoms with Crippen molar-refractivity contribution in [1.29, 1.82) is 0 Å². The van der Waals surface area contributed by atoms with Crippen LogP contribution in [0.5, 0.6) is 5.75 Å². The van der Waals surface area contributed by atoms with Crippen LogP contribution in [0.1, 0.15) is 11.3 Å². The fourth-order valence-corrected chi connectivity index (χ4v) is 2.45. The lowest BCUT2D eigenvalue weighted by atomic mass is 10.2. The van der Waals surface area contributed by atoms with Crippen LogP contribution in [-0.4, -0.2) is 17.0 Å². The molecule has 6 nitrogen and oxygen atoms in total. The van der Waals surface area contributed by atoms with Gasteiger partial charge in [-0.15, -0.1) is 0 Å². The minimum absolute atomic E-state index is 0.0633. The van der Waals surface area contributed by atoms with Crippen LogP contribution in [0.15, 0.2) is 34.9 Å². The molecule has 0 unspecified atom stereocenters. The summed E-state index contributed by atoms with van der Waals surface area (Å²) in [4.78, 5) is 14.8. The maximum atomic E-state index is 11.1. The van der Waals surface area contributed by atoms with Crippen molar-refractivity contribution in [2.45, 2.75) is 13.5 Å². The maximum Gasteiger partial charge on any atom is 0.312 e. The van der Waals surface area contributed by atoms with Crippen LogP contribution in [0.25, 0.3) is 0 Å². The van der Waals surface area contributed by atoms with Gasteiger partial charge in [0.2, 0.25) is 5.75 Å². The van der Waals surface area contributed by atoms with Crippen LogP contribution in [0.4, 0.5) is 11.4 Å². The van der Waals surface area contributed by atoms with Crippen molar-refractivity contribution < 1.29 is 9.66 Å². The summed E-state index contributed by atoms with van der Waals surface area (Å²) in [6.45, 7) is 1.93. The third kappa shape index (κ3) is 3.69. The van der Waals surface area contributed by atoms with Gasteiger partial charge >= 0.3 is 5.69 Å².